The molecular weight excluding hydrogens is 243 g/mol. The molecule has 4 heteroatoms. The normalized spacial score (nSPS) is 12.2. The van der Waals surface area contributed by atoms with Crippen LogP contribution in [0.15, 0.2) is 36.7 Å². The van der Waals surface area contributed by atoms with Crippen LogP contribution in [0.1, 0.15) is 22.7 Å². The third kappa shape index (κ3) is 2.74. The van der Waals surface area contributed by atoms with E-state index in [0.717, 1.165) is 16.7 Å². The third-order valence-corrected chi connectivity index (χ3v) is 3.17. The van der Waals surface area contributed by atoms with Crippen molar-refractivity contribution in [2.45, 2.75) is 13.0 Å². The van der Waals surface area contributed by atoms with Gasteiger partial charge in [0.25, 0.3) is 0 Å². The van der Waals surface area contributed by atoms with Crippen molar-refractivity contribution in [3.63, 3.8) is 0 Å². The lowest BCUT2D eigenvalue weighted by Crippen LogP contribution is -2.19. The van der Waals surface area contributed by atoms with Gasteiger partial charge in [0.1, 0.15) is 0 Å². The Kier molecular flexibility index (Phi) is 4.12. The van der Waals surface area contributed by atoms with E-state index in [1.807, 2.05) is 26.1 Å². The molecule has 2 rings (SSSR count). The molecule has 1 heterocycles. The van der Waals surface area contributed by atoms with Crippen LogP contribution in [0, 0.1) is 12.7 Å². The van der Waals surface area contributed by atoms with Crippen LogP contribution >= 0.6 is 0 Å². The lowest BCUT2D eigenvalue weighted by molar-refractivity contribution is 0.386. The molecule has 0 saturated heterocycles. The third-order valence-electron chi connectivity index (χ3n) is 3.17. The maximum atomic E-state index is 13.8. The Hall–Kier alpha value is -1.94. The van der Waals surface area contributed by atoms with Crippen LogP contribution in [0.25, 0.3) is 0 Å². The minimum Gasteiger partial charge on any atom is -0.494 e. The summed E-state index contributed by atoms with van der Waals surface area (Å²) in [6, 6.07) is 6.89. The van der Waals surface area contributed by atoms with E-state index in [1.54, 1.807) is 18.5 Å². The summed E-state index contributed by atoms with van der Waals surface area (Å²) < 4.78 is 18.7. The van der Waals surface area contributed by atoms with Gasteiger partial charge in [0.2, 0.25) is 0 Å². The molecule has 0 fully saturated rings. The average Bonchev–Trinajstić information content (AvgIpc) is 2.42. The van der Waals surface area contributed by atoms with Crippen LogP contribution in [0.3, 0.4) is 0 Å². The number of nitrogens with zero attached hydrogens (tertiary/aromatic N) is 1. The summed E-state index contributed by atoms with van der Waals surface area (Å²) in [6.07, 6.45) is 3.55. The number of aromatic nitrogens is 1. The van der Waals surface area contributed by atoms with Gasteiger partial charge in [0.15, 0.2) is 11.6 Å². The summed E-state index contributed by atoms with van der Waals surface area (Å²) in [6.45, 7) is 1.99. The number of ether oxygens (including phenoxy) is 1. The lowest BCUT2D eigenvalue weighted by Gasteiger charge is -2.19. The van der Waals surface area contributed by atoms with E-state index in [0.29, 0.717) is 0 Å². The van der Waals surface area contributed by atoms with E-state index in [2.05, 4.69) is 10.3 Å². The highest BCUT2D eigenvalue weighted by Gasteiger charge is 2.16. The van der Waals surface area contributed by atoms with Crippen molar-refractivity contribution in [3.8, 4) is 5.75 Å². The quantitative estimate of drug-likeness (QED) is 0.918. The summed E-state index contributed by atoms with van der Waals surface area (Å²) >= 11 is 0. The first kappa shape index (κ1) is 13.5. The minimum absolute atomic E-state index is 0.0663. The van der Waals surface area contributed by atoms with Crippen molar-refractivity contribution >= 4 is 0 Å². The van der Waals surface area contributed by atoms with Gasteiger partial charge < -0.3 is 10.1 Å². The van der Waals surface area contributed by atoms with E-state index < -0.39 is 0 Å². The van der Waals surface area contributed by atoms with Crippen LogP contribution in [-0.4, -0.2) is 19.1 Å². The Morgan fingerprint density at radius 1 is 1.32 bits per heavy atom. The fourth-order valence-electron chi connectivity index (χ4n) is 2.17. The maximum absolute atomic E-state index is 13.8. The molecule has 1 unspecified atom stereocenters. The zero-order valence-electron chi connectivity index (χ0n) is 11.3. The van der Waals surface area contributed by atoms with Crippen LogP contribution in [0.2, 0.25) is 0 Å². The number of methoxy groups -OCH3 is 1. The van der Waals surface area contributed by atoms with Gasteiger partial charge in [-0.1, -0.05) is 6.07 Å². The van der Waals surface area contributed by atoms with Crippen molar-refractivity contribution < 1.29 is 9.13 Å². The highest BCUT2D eigenvalue weighted by atomic mass is 19.1. The Labute approximate surface area is 112 Å². The number of aryl methyl sites for hydroxylation is 1. The second kappa shape index (κ2) is 5.80. The molecule has 19 heavy (non-hydrogen) atoms. The van der Waals surface area contributed by atoms with E-state index in [1.165, 1.54) is 13.2 Å². The molecule has 1 aromatic heterocycles. The lowest BCUT2D eigenvalue weighted by atomic mass is 9.96. The summed E-state index contributed by atoms with van der Waals surface area (Å²) in [4.78, 5) is 4.08. The second-order valence-corrected chi connectivity index (χ2v) is 4.35. The standard InChI is InChI=1S/C15H17FN2O/c1-10-9-18-7-6-12(10)15(17-2)11-4-5-14(19-3)13(16)8-11/h4-9,15,17H,1-3H3. The fraction of sp³-hybridized carbons (Fsp3) is 0.267. The van der Waals surface area contributed by atoms with Crippen molar-refractivity contribution in [2.24, 2.45) is 0 Å². The van der Waals surface area contributed by atoms with Gasteiger partial charge >= 0.3 is 0 Å². The first-order chi connectivity index (χ1) is 9.17. The zero-order chi connectivity index (χ0) is 13.8. The molecular formula is C15H17FN2O. The van der Waals surface area contributed by atoms with Gasteiger partial charge in [-0.3, -0.25) is 4.98 Å². The minimum atomic E-state index is -0.355. The summed E-state index contributed by atoms with van der Waals surface area (Å²) in [5.74, 6) is -0.1000. The van der Waals surface area contributed by atoms with Crippen molar-refractivity contribution in [1.29, 1.82) is 0 Å². The molecule has 0 aliphatic carbocycles. The predicted molar refractivity (Wildman–Crippen MR) is 72.8 cm³/mol. The molecule has 2 aromatic rings. The number of hydrogen-bond donors (Lipinski definition) is 1. The molecule has 1 atom stereocenters. The molecule has 0 radical (unpaired) electrons. The molecule has 0 amide bonds. The maximum Gasteiger partial charge on any atom is 0.165 e. The van der Waals surface area contributed by atoms with E-state index >= 15 is 0 Å². The average molecular weight is 260 g/mol. The van der Waals surface area contributed by atoms with Crippen molar-refractivity contribution in [2.75, 3.05) is 14.2 Å². The van der Waals surface area contributed by atoms with Gasteiger partial charge in [-0.25, -0.2) is 4.39 Å². The van der Waals surface area contributed by atoms with Gasteiger partial charge in [-0.05, 0) is 48.9 Å². The Balaban J connectivity index is 2.43. The molecule has 0 spiro atoms. The molecule has 0 saturated carbocycles. The number of nitrogens with one attached hydrogen (secondary N) is 1. The molecule has 0 aliphatic rings. The van der Waals surface area contributed by atoms with Crippen molar-refractivity contribution in [3.05, 3.63) is 59.2 Å². The first-order valence-corrected chi connectivity index (χ1v) is 6.08. The predicted octanol–water partition coefficient (Wildman–Crippen LogP) is 2.85. The van der Waals surface area contributed by atoms with Gasteiger partial charge in [-0.15, -0.1) is 0 Å². The SMILES string of the molecule is CNC(c1ccc(OC)c(F)c1)c1ccncc1C. The number of benzene rings is 1. The monoisotopic (exact) mass is 260 g/mol. The highest BCUT2D eigenvalue weighted by molar-refractivity contribution is 5.38. The summed E-state index contributed by atoms with van der Waals surface area (Å²) in [5, 5.41) is 3.20. The van der Waals surface area contributed by atoms with Gasteiger partial charge in [-0.2, -0.15) is 0 Å². The largest absolute Gasteiger partial charge is 0.494 e. The van der Waals surface area contributed by atoms with Crippen LogP contribution < -0.4 is 10.1 Å². The second-order valence-electron chi connectivity index (χ2n) is 4.35. The molecule has 100 valence electrons. The fourth-order valence-corrected chi connectivity index (χ4v) is 2.17. The first-order valence-electron chi connectivity index (χ1n) is 6.08. The molecule has 3 nitrogen and oxygen atoms in total. The summed E-state index contributed by atoms with van der Waals surface area (Å²) in [5.41, 5.74) is 3.01. The van der Waals surface area contributed by atoms with Crippen molar-refractivity contribution in [1.82, 2.24) is 10.3 Å². The van der Waals surface area contributed by atoms with Gasteiger partial charge in [0, 0.05) is 12.4 Å². The number of hydrogen-bond acceptors (Lipinski definition) is 3. The molecule has 0 bridgehead atoms. The molecule has 1 N–H and O–H groups in total. The van der Waals surface area contributed by atoms with E-state index in [9.17, 15) is 4.39 Å². The van der Waals surface area contributed by atoms with Crippen LogP contribution in [-0.2, 0) is 0 Å². The molecule has 0 aliphatic heterocycles. The number of pyridine rings is 1. The topological polar surface area (TPSA) is 34.1 Å². The molecule has 1 aromatic carbocycles. The Bertz CT molecular complexity index is 572. The zero-order valence-corrected chi connectivity index (χ0v) is 11.3. The summed E-state index contributed by atoms with van der Waals surface area (Å²) in [7, 11) is 3.31. The Morgan fingerprint density at radius 2 is 2.11 bits per heavy atom. The van der Waals surface area contributed by atoms with E-state index in [-0.39, 0.29) is 17.6 Å². The Morgan fingerprint density at radius 3 is 2.68 bits per heavy atom. The van der Waals surface area contributed by atoms with E-state index in [4.69, 9.17) is 4.74 Å². The highest BCUT2D eigenvalue weighted by Crippen LogP contribution is 2.27. The smallest absolute Gasteiger partial charge is 0.165 e. The van der Waals surface area contributed by atoms with Crippen LogP contribution in [0.5, 0.6) is 5.75 Å². The van der Waals surface area contributed by atoms with Crippen LogP contribution in [0.4, 0.5) is 4.39 Å². The number of rotatable bonds is 4. The van der Waals surface area contributed by atoms with Gasteiger partial charge in [0.05, 0.1) is 13.2 Å². The number of halogens is 1.